The lowest BCUT2D eigenvalue weighted by atomic mass is 9.92. The van der Waals surface area contributed by atoms with Crippen LogP contribution in [0.1, 0.15) is 21.5 Å². The molecule has 0 aliphatic rings. The molecule has 0 saturated carbocycles. The molecule has 126 valence electrons. The molecule has 0 atom stereocenters. The fourth-order valence-electron chi connectivity index (χ4n) is 3.68. The first kappa shape index (κ1) is 15.4. The SMILES string of the molecule is O=C(O)c1ccc(C#Cc2ccc3ccc4cccc5ccc2c3c45)cc1. The van der Waals surface area contributed by atoms with Gasteiger partial charge in [-0.2, -0.15) is 0 Å². The van der Waals surface area contributed by atoms with Crippen LogP contribution in [0.2, 0.25) is 0 Å². The molecule has 0 spiro atoms. The number of benzene rings is 5. The number of hydrogen-bond donors (Lipinski definition) is 1. The van der Waals surface area contributed by atoms with Crippen LogP contribution >= 0.6 is 0 Å². The predicted molar refractivity (Wildman–Crippen MR) is 110 cm³/mol. The van der Waals surface area contributed by atoms with Crippen LogP contribution in [0, 0.1) is 11.8 Å². The third-order valence-electron chi connectivity index (χ3n) is 5.00. The molecule has 0 aliphatic carbocycles. The second-order valence-corrected chi connectivity index (χ2v) is 6.60. The van der Waals surface area contributed by atoms with Crippen molar-refractivity contribution >= 4 is 38.3 Å². The minimum atomic E-state index is -0.929. The molecule has 5 rings (SSSR count). The van der Waals surface area contributed by atoms with E-state index in [0.29, 0.717) is 0 Å². The quantitative estimate of drug-likeness (QED) is 0.313. The molecule has 2 heteroatoms. The zero-order valence-electron chi connectivity index (χ0n) is 14.4. The van der Waals surface area contributed by atoms with Gasteiger partial charge in [-0.3, -0.25) is 0 Å². The van der Waals surface area contributed by atoms with Gasteiger partial charge in [-0.15, -0.1) is 0 Å². The second-order valence-electron chi connectivity index (χ2n) is 6.60. The van der Waals surface area contributed by atoms with Crippen molar-refractivity contribution in [1.29, 1.82) is 0 Å². The highest BCUT2D eigenvalue weighted by atomic mass is 16.4. The Morgan fingerprint density at radius 2 is 1.30 bits per heavy atom. The Hall–Kier alpha value is -3.83. The highest BCUT2D eigenvalue weighted by Gasteiger charge is 2.09. The molecule has 0 saturated heterocycles. The summed E-state index contributed by atoms with van der Waals surface area (Å²) in [6.45, 7) is 0. The highest BCUT2D eigenvalue weighted by Crippen LogP contribution is 2.35. The van der Waals surface area contributed by atoms with Crippen LogP contribution in [0.4, 0.5) is 0 Å². The third kappa shape index (κ3) is 2.49. The van der Waals surface area contributed by atoms with E-state index < -0.39 is 5.97 Å². The van der Waals surface area contributed by atoms with Crippen LogP contribution in [0.5, 0.6) is 0 Å². The van der Waals surface area contributed by atoms with Crippen LogP contribution in [-0.4, -0.2) is 11.1 Å². The van der Waals surface area contributed by atoms with Crippen molar-refractivity contribution in [2.45, 2.75) is 0 Å². The third-order valence-corrected chi connectivity index (χ3v) is 5.00. The molecule has 2 nitrogen and oxygen atoms in total. The van der Waals surface area contributed by atoms with Crippen molar-refractivity contribution in [1.82, 2.24) is 0 Å². The Bertz CT molecular complexity index is 1370. The molecular formula is C25H14O2. The molecule has 0 amide bonds. The summed E-state index contributed by atoms with van der Waals surface area (Å²) in [5.74, 6) is 5.50. The first-order valence-electron chi connectivity index (χ1n) is 8.73. The van der Waals surface area contributed by atoms with Gasteiger partial charge >= 0.3 is 5.97 Å². The minimum absolute atomic E-state index is 0.267. The van der Waals surface area contributed by atoms with E-state index >= 15 is 0 Å². The van der Waals surface area contributed by atoms with Gasteiger partial charge in [-0.05, 0) is 62.6 Å². The van der Waals surface area contributed by atoms with Crippen LogP contribution in [-0.2, 0) is 0 Å². The summed E-state index contributed by atoms with van der Waals surface area (Å²) in [4.78, 5) is 11.0. The average Bonchev–Trinajstić information content (AvgIpc) is 2.71. The lowest BCUT2D eigenvalue weighted by molar-refractivity contribution is 0.0697. The van der Waals surface area contributed by atoms with Gasteiger partial charge in [0.1, 0.15) is 0 Å². The summed E-state index contributed by atoms with van der Waals surface area (Å²) in [7, 11) is 0. The highest BCUT2D eigenvalue weighted by molar-refractivity contribution is 6.23. The Kier molecular flexibility index (Phi) is 3.35. The molecule has 5 aromatic carbocycles. The summed E-state index contributed by atoms with van der Waals surface area (Å²) >= 11 is 0. The molecule has 27 heavy (non-hydrogen) atoms. The van der Waals surface area contributed by atoms with E-state index in [9.17, 15) is 4.79 Å². The topological polar surface area (TPSA) is 37.3 Å². The standard InChI is InChI=1S/C25H14O2/c26-25(27)21-8-5-16(6-9-21)4-7-17-10-11-20-13-12-18-2-1-3-19-14-15-22(17)24(20)23(18)19/h1-3,5-6,8-15H,(H,26,27). The Morgan fingerprint density at radius 3 is 2.00 bits per heavy atom. The van der Waals surface area contributed by atoms with Gasteiger partial charge in [0.2, 0.25) is 0 Å². The molecule has 0 bridgehead atoms. The van der Waals surface area contributed by atoms with Gasteiger partial charge < -0.3 is 5.11 Å². The lowest BCUT2D eigenvalue weighted by Gasteiger charge is -2.11. The number of aromatic carboxylic acids is 1. The number of hydrogen-bond acceptors (Lipinski definition) is 1. The zero-order chi connectivity index (χ0) is 18.4. The average molecular weight is 346 g/mol. The summed E-state index contributed by atoms with van der Waals surface area (Å²) < 4.78 is 0. The van der Waals surface area contributed by atoms with Gasteiger partial charge in [0.05, 0.1) is 5.56 Å². The predicted octanol–water partition coefficient (Wildman–Crippen LogP) is 5.68. The lowest BCUT2D eigenvalue weighted by Crippen LogP contribution is -1.94. The maximum Gasteiger partial charge on any atom is 0.335 e. The molecule has 5 aromatic rings. The van der Waals surface area contributed by atoms with Crippen LogP contribution in [0.15, 0.2) is 78.9 Å². The van der Waals surface area contributed by atoms with Crippen molar-refractivity contribution in [3.05, 3.63) is 95.6 Å². The maximum absolute atomic E-state index is 11.0. The largest absolute Gasteiger partial charge is 0.478 e. The van der Waals surface area contributed by atoms with Crippen LogP contribution < -0.4 is 0 Å². The summed E-state index contributed by atoms with van der Waals surface area (Å²) in [5, 5.41) is 16.4. The second kappa shape index (κ2) is 5.86. The number of rotatable bonds is 1. The van der Waals surface area contributed by atoms with E-state index in [1.807, 2.05) is 0 Å². The molecule has 0 radical (unpaired) electrons. The van der Waals surface area contributed by atoms with Crippen molar-refractivity contribution < 1.29 is 9.90 Å². The smallest absolute Gasteiger partial charge is 0.335 e. The fourth-order valence-corrected chi connectivity index (χ4v) is 3.68. The van der Waals surface area contributed by atoms with Gasteiger partial charge in [0.25, 0.3) is 0 Å². The van der Waals surface area contributed by atoms with Gasteiger partial charge in [0.15, 0.2) is 0 Å². The Morgan fingerprint density at radius 1 is 0.667 bits per heavy atom. The molecule has 0 heterocycles. The summed E-state index contributed by atoms with van der Waals surface area (Å²) in [6.07, 6.45) is 0. The van der Waals surface area contributed by atoms with Gasteiger partial charge in [-0.25, -0.2) is 4.79 Å². The number of carboxylic acids is 1. The number of carbonyl (C=O) groups is 1. The van der Waals surface area contributed by atoms with Crippen molar-refractivity contribution in [3.63, 3.8) is 0 Å². The molecule has 0 aromatic heterocycles. The molecule has 0 aliphatic heterocycles. The Labute approximate surface area is 156 Å². The minimum Gasteiger partial charge on any atom is -0.478 e. The van der Waals surface area contributed by atoms with E-state index in [-0.39, 0.29) is 5.56 Å². The van der Waals surface area contributed by atoms with E-state index in [4.69, 9.17) is 5.11 Å². The van der Waals surface area contributed by atoms with Gasteiger partial charge in [-0.1, -0.05) is 60.4 Å². The van der Waals surface area contributed by atoms with Crippen LogP contribution in [0.3, 0.4) is 0 Å². The van der Waals surface area contributed by atoms with E-state index in [1.54, 1.807) is 24.3 Å². The fraction of sp³-hybridized carbons (Fsp3) is 0. The normalized spacial score (nSPS) is 11.0. The van der Waals surface area contributed by atoms with E-state index in [0.717, 1.165) is 16.5 Å². The Balaban J connectivity index is 1.69. The first-order valence-corrected chi connectivity index (χ1v) is 8.73. The molecule has 1 N–H and O–H groups in total. The van der Waals surface area contributed by atoms with E-state index in [1.165, 1.54) is 26.9 Å². The summed E-state index contributed by atoms with van der Waals surface area (Å²) in [6, 6.07) is 25.8. The zero-order valence-corrected chi connectivity index (χ0v) is 14.4. The van der Waals surface area contributed by atoms with Crippen molar-refractivity contribution in [2.75, 3.05) is 0 Å². The summed E-state index contributed by atoms with van der Waals surface area (Å²) in [5.41, 5.74) is 2.04. The van der Waals surface area contributed by atoms with Crippen molar-refractivity contribution in [3.8, 4) is 11.8 Å². The van der Waals surface area contributed by atoms with Crippen LogP contribution in [0.25, 0.3) is 32.3 Å². The first-order chi connectivity index (χ1) is 13.2. The van der Waals surface area contributed by atoms with Gasteiger partial charge in [0, 0.05) is 11.1 Å². The number of carboxylic acid groups (broad SMARTS) is 1. The van der Waals surface area contributed by atoms with Crippen molar-refractivity contribution in [2.24, 2.45) is 0 Å². The maximum atomic E-state index is 11.0. The molecular weight excluding hydrogens is 332 g/mol. The monoisotopic (exact) mass is 346 g/mol. The van der Waals surface area contributed by atoms with E-state index in [2.05, 4.69) is 66.4 Å². The molecule has 0 unspecified atom stereocenters. The molecule has 0 fully saturated rings.